The Kier molecular flexibility index (Phi) is 8.97. The van der Waals surface area contributed by atoms with Crippen LogP contribution in [0.3, 0.4) is 0 Å². The number of allylic oxidation sites excluding steroid dienone is 1. The van der Waals surface area contributed by atoms with Gasteiger partial charge in [0, 0.05) is 0 Å². The van der Waals surface area contributed by atoms with Gasteiger partial charge >= 0.3 is 0 Å². The van der Waals surface area contributed by atoms with Crippen molar-refractivity contribution in [3.8, 4) is 6.07 Å². The monoisotopic (exact) mass is 551 g/mol. The molecular weight excluding hydrogens is 499 g/mol. The number of nitriles is 1. The third-order valence-electron chi connectivity index (χ3n) is 12.2. The van der Waals surface area contributed by atoms with Crippen molar-refractivity contribution in [3.05, 3.63) is 69.8 Å². The predicted octanol–water partition coefficient (Wildman–Crippen LogP) is 9.99. The summed E-state index contributed by atoms with van der Waals surface area (Å²) in [6, 6.07) is 13.4. The summed E-state index contributed by atoms with van der Waals surface area (Å²) in [5.41, 5.74) is 9.99. The lowest BCUT2D eigenvalue weighted by atomic mass is 9.70. The number of hydrogen-bond donors (Lipinski definition) is 0. The van der Waals surface area contributed by atoms with Crippen LogP contribution in [-0.2, 0) is 21.7 Å². The van der Waals surface area contributed by atoms with Crippen LogP contribution in [0, 0.1) is 11.3 Å². The van der Waals surface area contributed by atoms with Crippen LogP contribution in [0.15, 0.2) is 36.4 Å². The van der Waals surface area contributed by atoms with Gasteiger partial charge in [-0.2, -0.15) is 5.26 Å². The summed E-state index contributed by atoms with van der Waals surface area (Å²) in [6.45, 7) is 21.9. The Hall–Kier alpha value is -2.11. The molecule has 0 saturated heterocycles. The lowest BCUT2D eigenvalue weighted by molar-refractivity contribution is 0.279. The molecule has 2 aliphatic carbocycles. The normalized spacial score (nSPS) is 19.8. The van der Waals surface area contributed by atoms with Gasteiger partial charge in [0.1, 0.15) is 9.52 Å². The van der Waals surface area contributed by atoms with Crippen molar-refractivity contribution in [1.82, 2.24) is 0 Å². The smallest absolute Gasteiger partial charge is 0.122 e. The molecule has 0 saturated carbocycles. The summed E-state index contributed by atoms with van der Waals surface area (Å²) in [5.74, 6) is 0. The Bertz CT molecular complexity index is 1210. The minimum Gasteiger partial charge on any atom is -0.192 e. The second-order valence-corrected chi connectivity index (χ2v) is 14.2. The first-order valence-corrected chi connectivity index (χ1v) is 17.4. The lowest BCUT2D eigenvalue weighted by Gasteiger charge is -2.36. The molecule has 2 aromatic carbocycles. The first kappa shape index (κ1) is 30.8. The fraction of sp³-hybridized carbons (Fsp3) is 0.605. The molecule has 4 rings (SSSR count). The zero-order chi connectivity index (χ0) is 29.3. The van der Waals surface area contributed by atoms with Crippen LogP contribution in [0.25, 0.3) is 5.20 Å². The molecule has 2 aromatic rings. The van der Waals surface area contributed by atoms with Gasteiger partial charge in [0.25, 0.3) is 0 Å². The highest BCUT2D eigenvalue weighted by Gasteiger charge is 2.56. The highest BCUT2D eigenvalue weighted by molar-refractivity contribution is 6.74. The largest absolute Gasteiger partial charge is 0.192 e. The van der Waals surface area contributed by atoms with E-state index < -0.39 is 0 Å². The molecule has 2 heteroatoms. The Morgan fingerprint density at radius 1 is 0.700 bits per heavy atom. The van der Waals surface area contributed by atoms with E-state index in [0.29, 0.717) is 9.52 Å². The quantitative estimate of drug-likeness (QED) is 0.255. The molecular formula is C38H53NSi. The first-order chi connectivity index (χ1) is 19.2. The molecule has 0 unspecified atom stereocenters. The molecule has 0 heterocycles. The number of hydrogen-bond acceptors (Lipinski definition) is 1. The Labute approximate surface area is 248 Å². The van der Waals surface area contributed by atoms with Crippen molar-refractivity contribution < 1.29 is 0 Å². The Balaban J connectivity index is 2.14. The molecule has 40 heavy (non-hydrogen) atoms. The van der Waals surface area contributed by atoms with Crippen molar-refractivity contribution in [3.63, 3.8) is 0 Å². The minimum absolute atomic E-state index is 0.249. The summed E-state index contributed by atoms with van der Waals surface area (Å²) in [5, 5.41) is 12.6. The van der Waals surface area contributed by atoms with E-state index in [0.717, 1.165) is 5.56 Å². The predicted molar refractivity (Wildman–Crippen MR) is 175 cm³/mol. The second-order valence-electron chi connectivity index (χ2n) is 12.9. The van der Waals surface area contributed by atoms with Crippen molar-refractivity contribution in [2.75, 3.05) is 0 Å². The lowest BCUT2D eigenvalue weighted by Crippen LogP contribution is -2.38. The Morgan fingerprint density at radius 2 is 1.10 bits per heavy atom. The summed E-state index contributed by atoms with van der Waals surface area (Å²) in [6.07, 6.45) is 14.7. The van der Waals surface area contributed by atoms with Crippen LogP contribution >= 0.6 is 0 Å². The topological polar surface area (TPSA) is 23.8 Å². The van der Waals surface area contributed by atoms with Gasteiger partial charge in [-0.3, -0.25) is 0 Å². The van der Waals surface area contributed by atoms with E-state index in [-0.39, 0.29) is 21.7 Å². The molecule has 0 spiro atoms. The van der Waals surface area contributed by atoms with E-state index in [1.807, 2.05) is 12.1 Å². The van der Waals surface area contributed by atoms with E-state index >= 15 is 0 Å². The molecule has 2 radical (unpaired) electrons. The maximum atomic E-state index is 9.42. The van der Waals surface area contributed by atoms with Crippen molar-refractivity contribution in [1.29, 1.82) is 5.26 Å². The number of nitrogens with zero attached hydrogens (tertiary/aromatic N) is 1. The molecule has 214 valence electrons. The molecule has 0 N–H and O–H groups in total. The number of rotatable bonds is 11. The number of fused-ring (bicyclic) bond motifs is 2. The summed E-state index contributed by atoms with van der Waals surface area (Å²) < 4.78 is 0. The fourth-order valence-corrected chi connectivity index (χ4v) is 10.8. The summed E-state index contributed by atoms with van der Waals surface area (Å²) >= 11 is 0. The van der Waals surface area contributed by atoms with Gasteiger partial charge in [0.15, 0.2) is 0 Å². The van der Waals surface area contributed by atoms with Gasteiger partial charge in [0.05, 0.1) is 11.6 Å². The van der Waals surface area contributed by atoms with Crippen LogP contribution < -0.4 is 5.19 Å². The van der Waals surface area contributed by atoms with E-state index in [1.54, 1.807) is 27.4 Å². The maximum Gasteiger partial charge on any atom is 0.122 e. The molecule has 2 aliphatic rings. The second kappa shape index (κ2) is 11.6. The van der Waals surface area contributed by atoms with Crippen LogP contribution in [0.1, 0.15) is 160 Å². The zero-order valence-corrected chi connectivity index (χ0v) is 28.0. The van der Waals surface area contributed by atoms with Crippen LogP contribution in [-0.4, -0.2) is 9.52 Å². The molecule has 0 aliphatic heterocycles. The third-order valence-corrected chi connectivity index (χ3v) is 13.8. The van der Waals surface area contributed by atoms with Crippen LogP contribution in [0.4, 0.5) is 0 Å². The zero-order valence-electron chi connectivity index (χ0n) is 27.0. The standard InChI is InChI=1S/C38H53NSi/c1-10-31(28-21-19-27(24-39)20-22-28)40-34-32-29(35(11-2,12-3)25-37(32,15-6)16-7)23-30-33(34)38(17-8,18-9)26-36(30,13-4)14-5/h10,19-23H,11-18,25-26H2,1-9H3/b31-10+. The highest BCUT2D eigenvalue weighted by Crippen LogP contribution is 2.61. The van der Waals surface area contributed by atoms with E-state index in [9.17, 15) is 5.26 Å². The van der Waals surface area contributed by atoms with Gasteiger partial charge < -0.3 is 0 Å². The molecule has 1 nitrogen and oxygen atoms in total. The van der Waals surface area contributed by atoms with E-state index in [2.05, 4.69) is 92.7 Å². The van der Waals surface area contributed by atoms with Crippen molar-refractivity contribution >= 4 is 19.9 Å². The van der Waals surface area contributed by atoms with E-state index in [1.165, 1.54) is 75.0 Å². The van der Waals surface area contributed by atoms with Crippen molar-refractivity contribution in [2.45, 2.75) is 148 Å². The Morgan fingerprint density at radius 3 is 1.43 bits per heavy atom. The van der Waals surface area contributed by atoms with Gasteiger partial charge in [-0.15, -0.1) is 0 Å². The molecule has 0 amide bonds. The van der Waals surface area contributed by atoms with Crippen LogP contribution in [0.5, 0.6) is 0 Å². The number of benzene rings is 2. The average molecular weight is 552 g/mol. The average Bonchev–Trinajstić information content (AvgIpc) is 3.48. The van der Waals surface area contributed by atoms with E-state index in [4.69, 9.17) is 0 Å². The van der Waals surface area contributed by atoms with Crippen molar-refractivity contribution in [2.24, 2.45) is 0 Å². The van der Waals surface area contributed by atoms with Crippen LogP contribution in [0.2, 0.25) is 0 Å². The summed E-state index contributed by atoms with van der Waals surface area (Å²) in [7, 11) is 0.636. The minimum atomic E-state index is 0.249. The van der Waals surface area contributed by atoms with Gasteiger partial charge in [-0.25, -0.2) is 0 Å². The summed E-state index contributed by atoms with van der Waals surface area (Å²) in [4.78, 5) is 0. The fourth-order valence-electron chi connectivity index (χ4n) is 9.05. The van der Waals surface area contributed by atoms with Gasteiger partial charge in [0.2, 0.25) is 0 Å². The SMILES string of the molecule is C/C=C(/[Si]c1c2c(cc3c1C(CC)(CC)CC3(CC)CC)C(CC)(CC)CC2(CC)CC)c1ccc(C#N)cc1. The molecule has 0 atom stereocenters. The maximum absolute atomic E-state index is 9.42. The first-order valence-electron chi connectivity index (χ1n) is 16.4. The molecule has 0 fully saturated rings. The molecule has 0 bridgehead atoms. The highest BCUT2D eigenvalue weighted by atomic mass is 28.2. The third kappa shape index (κ3) is 4.38. The van der Waals surface area contributed by atoms with Gasteiger partial charge in [-0.05, 0) is 133 Å². The molecule has 0 aromatic heterocycles. The van der Waals surface area contributed by atoms with Gasteiger partial charge in [-0.1, -0.05) is 90.0 Å².